The van der Waals surface area contributed by atoms with E-state index in [1.165, 1.54) is 24.3 Å². The minimum absolute atomic E-state index is 0.0459. The maximum atomic E-state index is 13.1. The van der Waals surface area contributed by atoms with Crippen molar-refractivity contribution in [2.75, 3.05) is 11.9 Å². The molecule has 1 aliphatic rings. The number of carbonyl (C=O) groups excluding carboxylic acids is 1. The summed E-state index contributed by atoms with van der Waals surface area (Å²) in [5, 5.41) is 31.4. The smallest absolute Gasteiger partial charge is 0.293 e. The number of ether oxygens (including phenoxy) is 1. The summed E-state index contributed by atoms with van der Waals surface area (Å²) in [6.45, 7) is 0.463. The Morgan fingerprint density at radius 3 is 2.61 bits per heavy atom. The largest absolute Gasteiger partial charge is 0.456 e. The number of nitro groups is 1. The summed E-state index contributed by atoms with van der Waals surface area (Å²) < 4.78 is 34.2. The van der Waals surface area contributed by atoms with Crippen molar-refractivity contribution < 1.29 is 22.9 Å². The van der Waals surface area contributed by atoms with Crippen molar-refractivity contribution in [1.29, 1.82) is 5.26 Å². The van der Waals surface area contributed by atoms with Gasteiger partial charge in [0.05, 0.1) is 38.6 Å². The Morgan fingerprint density at radius 2 is 1.85 bits per heavy atom. The van der Waals surface area contributed by atoms with Crippen molar-refractivity contribution in [3.8, 4) is 17.6 Å². The van der Waals surface area contributed by atoms with E-state index in [1.54, 1.807) is 36.5 Å². The fourth-order valence-corrected chi connectivity index (χ4v) is 5.84. The molecule has 0 atom stereocenters. The van der Waals surface area contributed by atoms with Gasteiger partial charge in [-0.3, -0.25) is 20.0 Å². The zero-order chi connectivity index (χ0) is 29.0. The number of sulfonamides is 1. The number of benzene rings is 3. The van der Waals surface area contributed by atoms with Gasteiger partial charge in [0.1, 0.15) is 17.2 Å². The number of para-hydroxylation sites is 1. The molecule has 3 N–H and O–H groups in total. The third-order valence-electron chi connectivity index (χ3n) is 7.11. The van der Waals surface area contributed by atoms with E-state index in [0.29, 0.717) is 17.7 Å². The van der Waals surface area contributed by atoms with Gasteiger partial charge in [0.25, 0.3) is 21.6 Å². The minimum atomic E-state index is -4.47. The second kappa shape index (κ2) is 11.6. The molecule has 13 heteroatoms. The lowest BCUT2D eigenvalue weighted by molar-refractivity contribution is -0.384. The minimum Gasteiger partial charge on any atom is -0.456 e. The third-order valence-corrected chi connectivity index (χ3v) is 8.44. The first-order valence-electron chi connectivity index (χ1n) is 12.9. The molecule has 1 amide bonds. The number of aromatic amines is 1. The van der Waals surface area contributed by atoms with Gasteiger partial charge in [-0.15, -0.1) is 0 Å². The predicted octanol–water partition coefficient (Wildman–Crippen LogP) is 5.12. The first-order chi connectivity index (χ1) is 19.7. The number of amides is 1. The highest BCUT2D eigenvalue weighted by Crippen LogP contribution is 2.33. The van der Waals surface area contributed by atoms with Crippen LogP contribution in [-0.2, 0) is 10.0 Å². The normalized spacial score (nSPS) is 17.0. The maximum absolute atomic E-state index is 13.1. The van der Waals surface area contributed by atoms with E-state index in [1.807, 2.05) is 4.72 Å². The van der Waals surface area contributed by atoms with E-state index in [0.717, 1.165) is 37.3 Å². The van der Waals surface area contributed by atoms with Gasteiger partial charge in [-0.05, 0) is 68.0 Å². The summed E-state index contributed by atoms with van der Waals surface area (Å²) in [5.41, 5.74) is 0.422. The molecule has 41 heavy (non-hydrogen) atoms. The molecule has 1 aliphatic carbocycles. The Bertz CT molecular complexity index is 1760. The van der Waals surface area contributed by atoms with Gasteiger partial charge >= 0.3 is 0 Å². The number of carbonyl (C=O) groups is 1. The van der Waals surface area contributed by atoms with E-state index in [2.05, 4.69) is 21.6 Å². The van der Waals surface area contributed by atoms with Crippen LogP contribution in [0.3, 0.4) is 0 Å². The van der Waals surface area contributed by atoms with E-state index in [-0.39, 0.29) is 28.8 Å². The number of hydrogen-bond donors (Lipinski definition) is 3. The second-order valence-corrected chi connectivity index (χ2v) is 11.5. The Balaban J connectivity index is 1.32. The maximum Gasteiger partial charge on any atom is 0.293 e. The summed E-state index contributed by atoms with van der Waals surface area (Å²) in [6.07, 6.45) is 4.81. The van der Waals surface area contributed by atoms with Gasteiger partial charge in [0.2, 0.25) is 0 Å². The number of anilines is 1. The van der Waals surface area contributed by atoms with E-state index in [9.17, 15) is 23.3 Å². The topological polar surface area (TPSA) is 180 Å². The molecule has 4 aromatic rings. The van der Waals surface area contributed by atoms with Gasteiger partial charge in [-0.1, -0.05) is 18.2 Å². The van der Waals surface area contributed by atoms with E-state index >= 15 is 0 Å². The van der Waals surface area contributed by atoms with Crippen LogP contribution in [0.2, 0.25) is 0 Å². The first kappa shape index (κ1) is 27.6. The zero-order valence-corrected chi connectivity index (χ0v) is 22.6. The second-order valence-electron chi connectivity index (χ2n) is 9.78. The average Bonchev–Trinajstić information content (AvgIpc) is 3.46. The summed E-state index contributed by atoms with van der Waals surface area (Å²) in [7, 11) is -4.47. The molecule has 0 bridgehead atoms. The van der Waals surface area contributed by atoms with Crippen LogP contribution in [0, 0.1) is 33.3 Å². The van der Waals surface area contributed by atoms with Crippen molar-refractivity contribution in [2.45, 2.75) is 30.6 Å². The van der Waals surface area contributed by atoms with Gasteiger partial charge in [-0.2, -0.15) is 10.4 Å². The van der Waals surface area contributed by atoms with E-state index < -0.39 is 31.4 Å². The number of rotatable bonds is 9. The molecule has 0 unspecified atom stereocenters. The highest BCUT2D eigenvalue weighted by atomic mass is 32.2. The van der Waals surface area contributed by atoms with Crippen molar-refractivity contribution in [2.24, 2.45) is 11.8 Å². The number of nitro benzene ring substituents is 1. The van der Waals surface area contributed by atoms with Crippen molar-refractivity contribution in [1.82, 2.24) is 14.9 Å². The quantitative estimate of drug-likeness (QED) is 0.180. The van der Waals surface area contributed by atoms with Crippen LogP contribution >= 0.6 is 0 Å². The molecule has 12 nitrogen and oxygen atoms in total. The van der Waals surface area contributed by atoms with Crippen LogP contribution in [-0.4, -0.2) is 36.0 Å². The van der Waals surface area contributed by atoms with Gasteiger partial charge in [-0.25, -0.2) is 13.1 Å². The number of nitrogens with one attached hydrogen (secondary N) is 3. The van der Waals surface area contributed by atoms with Crippen LogP contribution in [0.15, 0.2) is 71.8 Å². The number of nitriles is 1. The molecule has 0 spiro atoms. The fraction of sp³-hybridized carbons (Fsp3) is 0.250. The standard InChI is InChI=1S/C28H26N6O6S/c29-15-18-8-10-19(11-9-18)16-30-24-13-12-20(14-25(24)34(36)37)41(38,39)33-28(35)21-4-1-2-6-26(21)40-27-7-3-5-23-22(27)17-31-32-23/h1-7,12-14,17-19,30H,8-11,16H2,(H,31,32)(H,33,35). The molecule has 210 valence electrons. The monoisotopic (exact) mass is 574 g/mol. The average molecular weight is 575 g/mol. The van der Waals surface area contributed by atoms with Crippen LogP contribution < -0.4 is 14.8 Å². The van der Waals surface area contributed by atoms with Crippen LogP contribution in [0.4, 0.5) is 11.4 Å². The number of H-pyrrole nitrogens is 1. The van der Waals surface area contributed by atoms with Crippen LogP contribution in [0.25, 0.3) is 10.9 Å². The predicted molar refractivity (Wildman–Crippen MR) is 150 cm³/mol. The molecule has 0 saturated heterocycles. The molecule has 0 aliphatic heterocycles. The first-order valence-corrected chi connectivity index (χ1v) is 14.4. The van der Waals surface area contributed by atoms with E-state index in [4.69, 9.17) is 10.00 Å². The number of nitrogens with zero attached hydrogens (tertiary/aromatic N) is 3. The van der Waals surface area contributed by atoms with Crippen LogP contribution in [0.1, 0.15) is 36.0 Å². The number of aromatic nitrogens is 2. The third kappa shape index (κ3) is 6.12. The Hall–Kier alpha value is -4.96. The summed E-state index contributed by atoms with van der Waals surface area (Å²) >= 11 is 0. The van der Waals surface area contributed by atoms with Gasteiger partial charge < -0.3 is 10.1 Å². The summed E-state index contributed by atoms with van der Waals surface area (Å²) in [5.74, 6) is -0.133. The van der Waals surface area contributed by atoms with Gasteiger partial charge in [0.15, 0.2) is 0 Å². The van der Waals surface area contributed by atoms with Crippen LogP contribution in [0.5, 0.6) is 11.5 Å². The molecule has 1 aromatic heterocycles. The molecular formula is C28H26N6O6S. The Labute approximate surface area is 235 Å². The Kier molecular flexibility index (Phi) is 7.84. The molecule has 1 saturated carbocycles. The fourth-order valence-electron chi connectivity index (χ4n) is 4.86. The molecule has 1 heterocycles. The SMILES string of the molecule is N#CC1CCC(CNc2ccc(S(=O)(=O)NC(=O)c3ccccc3Oc3cccc4[nH]ncc34)cc2[N+](=O)[O-])CC1. The number of hydrogen-bond acceptors (Lipinski definition) is 9. The molecule has 5 rings (SSSR count). The summed E-state index contributed by atoms with van der Waals surface area (Å²) in [6, 6.07) is 17.1. The van der Waals surface area contributed by atoms with Crippen molar-refractivity contribution in [3.63, 3.8) is 0 Å². The van der Waals surface area contributed by atoms with Crippen molar-refractivity contribution >= 4 is 38.2 Å². The number of fused-ring (bicyclic) bond motifs is 1. The molecule has 1 fully saturated rings. The lowest BCUT2D eigenvalue weighted by Gasteiger charge is -2.25. The lowest BCUT2D eigenvalue weighted by Crippen LogP contribution is -2.31. The molecular weight excluding hydrogens is 548 g/mol. The Morgan fingerprint density at radius 1 is 1.10 bits per heavy atom. The van der Waals surface area contributed by atoms with Gasteiger partial charge in [0, 0.05) is 18.5 Å². The highest BCUT2D eigenvalue weighted by molar-refractivity contribution is 7.90. The lowest BCUT2D eigenvalue weighted by atomic mass is 9.83. The zero-order valence-electron chi connectivity index (χ0n) is 21.7. The molecule has 3 aromatic carbocycles. The summed E-state index contributed by atoms with van der Waals surface area (Å²) in [4.78, 5) is 23.8. The molecule has 0 radical (unpaired) electrons. The van der Waals surface area contributed by atoms with Crippen molar-refractivity contribution in [3.05, 3.63) is 82.5 Å². The highest BCUT2D eigenvalue weighted by Gasteiger charge is 2.26.